The first-order valence-electron chi connectivity index (χ1n) is 1.66. The van der Waals surface area contributed by atoms with Gasteiger partial charge in [0.15, 0.2) is 0 Å². The van der Waals surface area contributed by atoms with E-state index >= 15 is 0 Å². The Labute approximate surface area is 44.0 Å². The fourth-order valence-electron chi connectivity index (χ4n) is 0.261. The Bertz CT molecular complexity index is 148. The maximum absolute atomic E-state index is 9.57. The Morgan fingerprint density at radius 2 is 2.71 bits per heavy atom. The van der Waals surface area contributed by atoms with Crippen molar-refractivity contribution in [3.63, 3.8) is 0 Å². The van der Waals surface area contributed by atoms with Crippen LogP contribution in [0.4, 0.5) is 5.13 Å². The summed E-state index contributed by atoms with van der Waals surface area (Å²) in [6.45, 7) is 0. The summed E-state index contributed by atoms with van der Waals surface area (Å²) < 4.78 is 0. The quantitative estimate of drug-likeness (QED) is 0.519. The van der Waals surface area contributed by atoms with Crippen molar-refractivity contribution in [3.05, 3.63) is 16.5 Å². The number of nitrogens with zero attached hydrogens (tertiary/aromatic N) is 2. The van der Waals surface area contributed by atoms with Gasteiger partial charge in [0.1, 0.15) is 0 Å². The fraction of sp³-hybridized carbons (Fsp3) is 0. The lowest BCUT2D eigenvalue weighted by atomic mass is 11.0. The van der Waals surface area contributed by atoms with Crippen LogP contribution in [0, 0.1) is 4.91 Å². The highest BCUT2D eigenvalue weighted by Gasteiger charge is 1.86. The van der Waals surface area contributed by atoms with Gasteiger partial charge in [0, 0.05) is 16.8 Å². The molecule has 0 N–H and O–H groups in total. The second kappa shape index (κ2) is 1.79. The van der Waals surface area contributed by atoms with Gasteiger partial charge < -0.3 is 0 Å². The molecule has 0 aliphatic heterocycles. The van der Waals surface area contributed by atoms with Gasteiger partial charge in [-0.15, -0.1) is 16.2 Å². The molecule has 0 bridgehead atoms. The summed E-state index contributed by atoms with van der Waals surface area (Å²) in [4.78, 5) is 13.1. The van der Waals surface area contributed by atoms with Gasteiger partial charge in [-0.05, 0) is 0 Å². The van der Waals surface area contributed by atoms with Crippen molar-refractivity contribution in [2.75, 3.05) is 0 Å². The Morgan fingerprint density at radius 3 is 3.00 bits per heavy atom. The van der Waals surface area contributed by atoms with Gasteiger partial charge >= 0.3 is 0 Å². The maximum atomic E-state index is 9.57. The average Bonchev–Trinajstić information content (AvgIpc) is 2.14. The average molecular weight is 114 g/mol. The molecule has 0 radical (unpaired) electrons. The van der Waals surface area contributed by atoms with E-state index in [4.69, 9.17) is 0 Å². The predicted molar refractivity (Wildman–Crippen MR) is 27.6 cm³/mol. The summed E-state index contributed by atoms with van der Waals surface area (Å²) >= 11 is 1.23. The zero-order chi connectivity index (χ0) is 5.11. The summed E-state index contributed by atoms with van der Waals surface area (Å²) in [6, 6.07) is 0. The van der Waals surface area contributed by atoms with E-state index in [2.05, 4.69) is 10.2 Å². The van der Waals surface area contributed by atoms with E-state index in [1.807, 2.05) is 0 Å². The van der Waals surface area contributed by atoms with E-state index in [9.17, 15) is 4.91 Å². The van der Waals surface area contributed by atoms with Crippen LogP contribution in [0.2, 0.25) is 0 Å². The third-order valence-corrected chi connectivity index (χ3v) is 1.15. The largest absolute Gasteiger partial charge is 0.252 e. The Morgan fingerprint density at radius 1 is 1.86 bits per heavy atom. The van der Waals surface area contributed by atoms with Crippen LogP contribution in [0.1, 0.15) is 0 Å². The number of nitroso groups, excluding NO2 is 1. The molecular formula is C3H2N2OS. The van der Waals surface area contributed by atoms with Gasteiger partial charge in [0.2, 0.25) is 0 Å². The van der Waals surface area contributed by atoms with Gasteiger partial charge in [0.05, 0.1) is 0 Å². The summed E-state index contributed by atoms with van der Waals surface area (Å²) in [5.74, 6) is 0. The molecule has 0 atom stereocenters. The van der Waals surface area contributed by atoms with Crippen LogP contribution in [0.5, 0.6) is 0 Å². The van der Waals surface area contributed by atoms with E-state index in [1.165, 1.54) is 11.3 Å². The lowest BCUT2D eigenvalue weighted by Gasteiger charge is -1.63. The van der Waals surface area contributed by atoms with Gasteiger partial charge in [-0.3, -0.25) is 0 Å². The molecule has 36 valence electrons. The minimum atomic E-state index is 0.292. The smallest absolute Gasteiger partial charge is 0.224 e. The Kier molecular flexibility index (Phi) is 1.12. The van der Waals surface area contributed by atoms with Gasteiger partial charge in [-0.1, -0.05) is 0 Å². The molecule has 7 heavy (non-hydrogen) atoms. The summed E-state index contributed by atoms with van der Waals surface area (Å²) in [5.41, 5.74) is 0. The molecule has 0 aliphatic rings. The van der Waals surface area contributed by atoms with Crippen molar-refractivity contribution in [2.45, 2.75) is 0 Å². The van der Waals surface area contributed by atoms with Gasteiger partial charge in [0.25, 0.3) is 5.13 Å². The molecule has 4 heteroatoms. The summed E-state index contributed by atoms with van der Waals surface area (Å²) in [7, 11) is 0. The highest BCUT2D eigenvalue weighted by Crippen LogP contribution is 2.12. The molecular weight excluding hydrogens is 112 g/mol. The standard InChI is InChI=1S/C3H2N2OS/c6-5-3-4-1-2-7-3/h1-2H. The van der Waals surface area contributed by atoms with E-state index in [-0.39, 0.29) is 0 Å². The zero-order valence-corrected chi connectivity index (χ0v) is 4.18. The van der Waals surface area contributed by atoms with E-state index in [0.29, 0.717) is 5.13 Å². The molecule has 1 rings (SSSR count). The molecule has 1 aromatic rings. The SMILES string of the molecule is O=Nc1nccs1. The fourth-order valence-corrected chi connectivity index (χ4v) is 0.669. The highest BCUT2D eigenvalue weighted by molar-refractivity contribution is 7.13. The number of hydrogen-bond donors (Lipinski definition) is 0. The normalized spacial score (nSPS) is 8.57. The van der Waals surface area contributed by atoms with Crippen LogP contribution in [0.3, 0.4) is 0 Å². The first kappa shape index (κ1) is 4.39. The van der Waals surface area contributed by atoms with Crippen molar-refractivity contribution in [3.8, 4) is 0 Å². The molecule has 3 nitrogen and oxygen atoms in total. The summed E-state index contributed by atoms with van der Waals surface area (Å²) in [6.07, 6.45) is 1.54. The second-order valence-electron chi connectivity index (χ2n) is 0.906. The molecule has 0 spiro atoms. The van der Waals surface area contributed by atoms with E-state index in [1.54, 1.807) is 11.6 Å². The molecule has 0 aromatic carbocycles. The lowest BCUT2D eigenvalue weighted by Crippen LogP contribution is -1.49. The van der Waals surface area contributed by atoms with Crippen LogP contribution in [0.15, 0.2) is 16.8 Å². The minimum Gasteiger partial charge on any atom is -0.224 e. The summed E-state index contributed by atoms with van der Waals surface area (Å²) in [5, 5.41) is 4.58. The van der Waals surface area contributed by atoms with Crippen molar-refractivity contribution < 1.29 is 0 Å². The van der Waals surface area contributed by atoms with Crippen molar-refractivity contribution >= 4 is 16.5 Å². The van der Waals surface area contributed by atoms with Crippen LogP contribution >= 0.6 is 11.3 Å². The third kappa shape index (κ3) is 0.806. The Hall–Kier alpha value is -0.770. The predicted octanol–water partition coefficient (Wildman–Crippen LogP) is 1.54. The molecule has 0 amide bonds. The molecule has 1 heterocycles. The van der Waals surface area contributed by atoms with Crippen LogP contribution in [0.25, 0.3) is 0 Å². The van der Waals surface area contributed by atoms with Gasteiger partial charge in [-0.2, -0.15) is 0 Å². The van der Waals surface area contributed by atoms with Crippen LogP contribution < -0.4 is 0 Å². The van der Waals surface area contributed by atoms with E-state index < -0.39 is 0 Å². The minimum absolute atomic E-state index is 0.292. The number of hydrogen-bond acceptors (Lipinski definition) is 4. The molecule has 0 saturated heterocycles. The second-order valence-corrected chi connectivity index (χ2v) is 1.78. The van der Waals surface area contributed by atoms with Gasteiger partial charge in [-0.25, -0.2) is 4.98 Å². The molecule has 0 aliphatic carbocycles. The van der Waals surface area contributed by atoms with Crippen molar-refractivity contribution in [1.82, 2.24) is 4.98 Å². The van der Waals surface area contributed by atoms with Crippen LogP contribution in [-0.2, 0) is 0 Å². The first-order valence-corrected chi connectivity index (χ1v) is 2.54. The zero-order valence-electron chi connectivity index (χ0n) is 3.37. The Balaban J connectivity index is 2.96. The highest BCUT2D eigenvalue weighted by atomic mass is 32.1. The number of aromatic nitrogens is 1. The maximum Gasteiger partial charge on any atom is 0.252 e. The first-order chi connectivity index (χ1) is 3.43. The van der Waals surface area contributed by atoms with Crippen LogP contribution in [-0.4, -0.2) is 4.98 Å². The van der Waals surface area contributed by atoms with Crippen molar-refractivity contribution in [1.29, 1.82) is 0 Å². The molecule has 0 unspecified atom stereocenters. The number of thiazole rings is 1. The molecule has 1 aromatic heterocycles. The third-order valence-electron chi connectivity index (χ3n) is 0.497. The van der Waals surface area contributed by atoms with E-state index in [0.717, 1.165) is 0 Å². The monoisotopic (exact) mass is 114 g/mol. The topological polar surface area (TPSA) is 42.3 Å². The molecule has 0 fully saturated rings. The lowest BCUT2D eigenvalue weighted by molar-refractivity contribution is 1.35. The molecule has 0 saturated carbocycles. The number of rotatable bonds is 1. The van der Waals surface area contributed by atoms with Crippen molar-refractivity contribution in [2.24, 2.45) is 5.18 Å².